The van der Waals surface area contributed by atoms with Gasteiger partial charge in [0, 0.05) is 35.9 Å². The van der Waals surface area contributed by atoms with Gasteiger partial charge in [0.25, 0.3) is 0 Å². The Kier molecular flexibility index (Phi) is 6.35. The Morgan fingerprint density at radius 1 is 0.386 bits per heavy atom. The smallest absolute Gasteiger partial charge is 0.227 e. The van der Waals surface area contributed by atoms with Gasteiger partial charge in [0.15, 0.2) is 0 Å². The highest BCUT2D eigenvalue weighted by molar-refractivity contribution is 6.18. The van der Waals surface area contributed by atoms with E-state index in [4.69, 9.17) is 8.83 Å². The minimum absolute atomic E-state index is 0.527. The van der Waals surface area contributed by atoms with Gasteiger partial charge in [-0.05, 0) is 56.3 Å². The molecule has 0 aliphatic rings. The lowest BCUT2D eigenvalue weighted by Gasteiger charge is -2.24. The zero-order valence-corrected chi connectivity index (χ0v) is 23.5. The van der Waals surface area contributed by atoms with E-state index in [1.807, 2.05) is 24.5 Å². The van der Waals surface area contributed by atoms with Crippen LogP contribution in [-0.2, 0) is 0 Å². The van der Waals surface area contributed by atoms with Gasteiger partial charge in [-0.2, -0.15) is 0 Å². The Labute approximate surface area is 253 Å². The molecule has 208 valence electrons. The SMILES string of the molecule is c1ccc(-c2c(-c3ccccc3)c(-c3cncc(-c4ncco4)c3)c3ccccc3c2-c2cncc(-c3ncco3)c2)cc1. The quantitative estimate of drug-likeness (QED) is 0.199. The molecule has 44 heavy (non-hydrogen) atoms. The topological polar surface area (TPSA) is 77.8 Å². The first-order valence-corrected chi connectivity index (χ1v) is 14.3. The van der Waals surface area contributed by atoms with Gasteiger partial charge < -0.3 is 8.83 Å². The maximum Gasteiger partial charge on any atom is 0.227 e. The predicted molar refractivity (Wildman–Crippen MR) is 172 cm³/mol. The lowest BCUT2D eigenvalue weighted by molar-refractivity contribution is 0.574. The second kappa shape index (κ2) is 10.9. The zero-order valence-electron chi connectivity index (χ0n) is 23.5. The molecule has 8 rings (SSSR count). The maximum absolute atomic E-state index is 5.65. The summed E-state index contributed by atoms with van der Waals surface area (Å²) < 4.78 is 11.3. The third kappa shape index (κ3) is 4.46. The molecule has 8 aromatic rings. The van der Waals surface area contributed by atoms with Crippen LogP contribution in [0.15, 0.2) is 156 Å². The summed E-state index contributed by atoms with van der Waals surface area (Å²) in [5, 5.41) is 2.18. The Hall–Kier alpha value is -6.14. The van der Waals surface area contributed by atoms with Crippen LogP contribution in [0.5, 0.6) is 0 Å². The number of aromatic nitrogens is 4. The van der Waals surface area contributed by atoms with Gasteiger partial charge in [-0.25, -0.2) is 9.97 Å². The normalized spacial score (nSPS) is 11.2. The highest BCUT2D eigenvalue weighted by Gasteiger charge is 2.25. The molecule has 6 heteroatoms. The second-order valence-electron chi connectivity index (χ2n) is 10.4. The van der Waals surface area contributed by atoms with Gasteiger partial charge >= 0.3 is 0 Å². The van der Waals surface area contributed by atoms with Crippen molar-refractivity contribution in [3.63, 3.8) is 0 Å². The summed E-state index contributed by atoms with van der Waals surface area (Å²) in [6, 6.07) is 33.8. The van der Waals surface area contributed by atoms with Crippen LogP contribution >= 0.6 is 0 Å². The number of hydrogen-bond acceptors (Lipinski definition) is 6. The van der Waals surface area contributed by atoms with Crippen LogP contribution in [-0.4, -0.2) is 19.9 Å². The molecule has 4 aromatic carbocycles. The van der Waals surface area contributed by atoms with E-state index in [2.05, 4.69) is 105 Å². The number of fused-ring (bicyclic) bond motifs is 1. The first kappa shape index (κ1) is 25.6. The van der Waals surface area contributed by atoms with Crippen LogP contribution in [0.25, 0.3) is 78.2 Å². The summed E-state index contributed by atoms with van der Waals surface area (Å²) in [4.78, 5) is 18.1. The molecule has 0 amide bonds. The molecule has 0 spiro atoms. The van der Waals surface area contributed by atoms with Crippen LogP contribution in [0, 0.1) is 0 Å². The van der Waals surface area contributed by atoms with E-state index in [9.17, 15) is 0 Å². The lowest BCUT2D eigenvalue weighted by Crippen LogP contribution is -1.98. The summed E-state index contributed by atoms with van der Waals surface area (Å²) in [5.74, 6) is 1.05. The Bertz CT molecular complexity index is 2050. The van der Waals surface area contributed by atoms with Gasteiger partial charge in [0.1, 0.15) is 12.5 Å². The minimum atomic E-state index is 0.527. The van der Waals surface area contributed by atoms with Crippen molar-refractivity contribution in [3.05, 3.63) is 147 Å². The van der Waals surface area contributed by atoms with Crippen molar-refractivity contribution in [1.29, 1.82) is 0 Å². The van der Waals surface area contributed by atoms with Gasteiger partial charge in [-0.3, -0.25) is 9.97 Å². The molecule has 4 aromatic heterocycles. The van der Waals surface area contributed by atoms with Crippen LogP contribution in [0.4, 0.5) is 0 Å². The van der Waals surface area contributed by atoms with Crippen molar-refractivity contribution in [2.75, 3.05) is 0 Å². The largest absolute Gasteiger partial charge is 0.444 e. The van der Waals surface area contributed by atoms with E-state index in [1.54, 1.807) is 37.3 Å². The highest BCUT2D eigenvalue weighted by atomic mass is 16.3. The standard InChI is InChI=1S/C38H24N4O2/c1-3-9-25(10-4-1)35-33(27-19-29(23-39-21-27)37-41-15-17-43-37)31-13-7-8-14-32(31)34(36(35)26-11-5-2-6-12-26)28-20-30(24-40-22-28)38-42-16-18-44-38/h1-24H. The average Bonchev–Trinajstić information content (AvgIpc) is 3.84. The van der Waals surface area contributed by atoms with Crippen molar-refractivity contribution < 1.29 is 8.83 Å². The average molecular weight is 569 g/mol. The van der Waals surface area contributed by atoms with E-state index in [-0.39, 0.29) is 0 Å². The van der Waals surface area contributed by atoms with E-state index >= 15 is 0 Å². The van der Waals surface area contributed by atoms with Gasteiger partial charge in [-0.1, -0.05) is 84.9 Å². The molecule has 0 unspecified atom stereocenters. The highest BCUT2D eigenvalue weighted by Crippen LogP contribution is 2.51. The molecule has 0 N–H and O–H groups in total. The van der Waals surface area contributed by atoms with Gasteiger partial charge in [-0.15, -0.1) is 0 Å². The molecule has 4 heterocycles. The number of pyridine rings is 2. The van der Waals surface area contributed by atoms with E-state index < -0.39 is 0 Å². The van der Waals surface area contributed by atoms with E-state index in [1.165, 1.54) is 0 Å². The molecule has 6 nitrogen and oxygen atoms in total. The van der Waals surface area contributed by atoms with Crippen molar-refractivity contribution >= 4 is 10.8 Å². The number of hydrogen-bond donors (Lipinski definition) is 0. The minimum Gasteiger partial charge on any atom is -0.444 e. The fraction of sp³-hybridized carbons (Fsp3) is 0. The number of nitrogens with zero attached hydrogens (tertiary/aromatic N) is 4. The summed E-state index contributed by atoms with van der Waals surface area (Å²) in [6.07, 6.45) is 13.9. The van der Waals surface area contributed by atoms with Crippen LogP contribution < -0.4 is 0 Å². The molecule has 0 aliphatic carbocycles. The number of oxazole rings is 2. The Morgan fingerprint density at radius 3 is 1.20 bits per heavy atom. The molecular formula is C38H24N4O2. The van der Waals surface area contributed by atoms with Crippen molar-refractivity contribution in [3.8, 4) is 67.4 Å². The van der Waals surface area contributed by atoms with Crippen LogP contribution in [0.3, 0.4) is 0 Å². The monoisotopic (exact) mass is 568 g/mol. The third-order valence-corrected chi connectivity index (χ3v) is 7.75. The Morgan fingerprint density at radius 2 is 0.795 bits per heavy atom. The van der Waals surface area contributed by atoms with Crippen molar-refractivity contribution in [2.45, 2.75) is 0 Å². The fourth-order valence-electron chi connectivity index (χ4n) is 5.94. The zero-order chi connectivity index (χ0) is 29.3. The maximum atomic E-state index is 5.65. The molecule has 0 radical (unpaired) electrons. The van der Waals surface area contributed by atoms with E-state index in [0.29, 0.717) is 11.8 Å². The van der Waals surface area contributed by atoms with Gasteiger partial charge in [0.2, 0.25) is 11.8 Å². The molecular weight excluding hydrogens is 544 g/mol. The first-order chi connectivity index (χ1) is 21.8. The first-order valence-electron chi connectivity index (χ1n) is 14.3. The Balaban J connectivity index is 1.54. The van der Waals surface area contributed by atoms with E-state index in [0.717, 1.165) is 66.4 Å². The van der Waals surface area contributed by atoms with Crippen LogP contribution in [0.2, 0.25) is 0 Å². The molecule has 0 saturated heterocycles. The molecule has 0 fully saturated rings. The second-order valence-corrected chi connectivity index (χ2v) is 10.4. The fourth-order valence-corrected chi connectivity index (χ4v) is 5.94. The van der Waals surface area contributed by atoms with Crippen molar-refractivity contribution in [2.24, 2.45) is 0 Å². The number of benzene rings is 4. The van der Waals surface area contributed by atoms with Crippen LogP contribution in [0.1, 0.15) is 0 Å². The molecule has 0 aliphatic heterocycles. The lowest BCUT2D eigenvalue weighted by atomic mass is 9.79. The summed E-state index contributed by atoms with van der Waals surface area (Å²) >= 11 is 0. The summed E-state index contributed by atoms with van der Waals surface area (Å²) in [7, 11) is 0. The third-order valence-electron chi connectivity index (χ3n) is 7.75. The molecule has 0 bridgehead atoms. The van der Waals surface area contributed by atoms with Crippen molar-refractivity contribution in [1.82, 2.24) is 19.9 Å². The predicted octanol–water partition coefficient (Wildman–Crippen LogP) is 9.61. The molecule has 0 atom stereocenters. The van der Waals surface area contributed by atoms with Gasteiger partial charge in [0.05, 0.1) is 23.5 Å². The summed E-state index contributed by atoms with van der Waals surface area (Å²) in [5.41, 5.74) is 10.1. The number of rotatable bonds is 6. The summed E-state index contributed by atoms with van der Waals surface area (Å²) in [6.45, 7) is 0. The molecule has 0 saturated carbocycles.